The van der Waals surface area contributed by atoms with Crippen LogP contribution >= 0.6 is 0 Å². The molecule has 0 bridgehead atoms. The molecule has 1 heterocycles. The summed E-state index contributed by atoms with van der Waals surface area (Å²) in [6.45, 7) is 3.98. The van der Waals surface area contributed by atoms with Crippen molar-refractivity contribution in [2.24, 2.45) is 0 Å². The molecule has 0 N–H and O–H groups in total. The second-order valence-electron chi connectivity index (χ2n) is 6.02. The monoisotopic (exact) mass is 346 g/mol. The number of fused-ring (bicyclic) bond motifs is 1. The number of nitro groups is 1. The van der Waals surface area contributed by atoms with E-state index in [0.29, 0.717) is 17.8 Å². The number of sulfonamides is 1. The molecule has 2 aromatic rings. The van der Waals surface area contributed by atoms with Gasteiger partial charge in [-0.05, 0) is 49.9 Å². The van der Waals surface area contributed by atoms with Gasteiger partial charge in [0.15, 0.2) is 0 Å². The number of benzene rings is 2. The summed E-state index contributed by atoms with van der Waals surface area (Å²) in [6.07, 6.45) is 1.60. The molecule has 0 atom stereocenters. The third kappa shape index (κ3) is 2.75. The van der Waals surface area contributed by atoms with E-state index in [-0.39, 0.29) is 10.6 Å². The van der Waals surface area contributed by atoms with Gasteiger partial charge in [-0.15, -0.1) is 0 Å². The molecule has 0 fully saturated rings. The van der Waals surface area contributed by atoms with Gasteiger partial charge < -0.3 is 0 Å². The van der Waals surface area contributed by atoms with Crippen LogP contribution in [-0.2, 0) is 16.4 Å². The molecule has 126 valence electrons. The fourth-order valence-corrected chi connectivity index (χ4v) is 4.85. The van der Waals surface area contributed by atoms with Gasteiger partial charge in [0, 0.05) is 18.7 Å². The van der Waals surface area contributed by atoms with E-state index in [0.717, 1.165) is 24.0 Å². The number of non-ortho nitro benzene ring substituents is 1. The van der Waals surface area contributed by atoms with E-state index in [9.17, 15) is 18.5 Å². The number of aryl methyl sites for hydroxylation is 3. The molecule has 0 amide bonds. The van der Waals surface area contributed by atoms with Crippen LogP contribution in [0.15, 0.2) is 41.3 Å². The Bertz CT molecular complexity index is 922. The summed E-state index contributed by atoms with van der Waals surface area (Å²) in [7, 11) is -3.75. The van der Waals surface area contributed by atoms with Crippen LogP contribution in [0.4, 0.5) is 11.4 Å². The van der Waals surface area contributed by atoms with Gasteiger partial charge in [0.25, 0.3) is 15.7 Å². The largest absolute Gasteiger partial charge is 0.269 e. The maximum atomic E-state index is 13.1. The molecule has 3 rings (SSSR count). The number of nitrogens with zero attached hydrogens (tertiary/aromatic N) is 2. The summed E-state index contributed by atoms with van der Waals surface area (Å²) in [6, 6.07) is 9.61. The van der Waals surface area contributed by atoms with Crippen LogP contribution in [0.25, 0.3) is 0 Å². The van der Waals surface area contributed by atoms with Crippen molar-refractivity contribution < 1.29 is 13.3 Å². The Labute approximate surface area is 140 Å². The highest BCUT2D eigenvalue weighted by Gasteiger charge is 2.30. The van der Waals surface area contributed by atoms with E-state index >= 15 is 0 Å². The van der Waals surface area contributed by atoms with E-state index < -0.39 is 14.9 Å². The quantitative estimate of drug-likeness (QED) is 0.630. The van der Waals surface area contributed by atoms with Crippen LogP contribution < -0.4 is 4.31 Å². The lowest BCUT2D eigenvalue weighted by Crippen LogP contribution is -2.35. The van der Waals surface area contributed by atoms with Gasteiger partial charge in [-0.2, -0.15) is 0 Å². The van der Waals surface area contributed by atoms with Crippen molar-refractivity contribution >= 4 is 21.4 Å². The summed E-state index contributed by atoms with van der Waals surface area (Å²) in [5.41, 5.74) is 3.08. The molecule has 0 spiro atoms. The van der Waals surface area contributed by atoms with Crippen LogP contribution in [-0.4, -0.2) is 19.9 Å². The van der Waals surface area contributed by atoms with Crippen LogP contribution in [0, 0.1) is 24.0 Å². The maximum absolute atomic E-state index is 13.1. The molecule has 0 saturated heterocycles. The number of rotatable bonds is 3. The van der Waals surface area contributed by atoms with Crippen molar-refractivity contribution in [2.75, 3.05) is 10.8 Å². The normalized spacial score (nSPS) is 14.3. The zero-order valence-electron chi connectivity index (χ0n) is 13.5. The van der Waals surface area contributed by atoms with Crippen molar-refractivity contribution in [3.8, 4) is 0 Å². The van der Waals surface area contributed by atoms with Gasteiger partial charge >= 0.3 is 0 Å². The molecule has 1 aliphatic heterocycles. The molecule has 7 heteroatoms. The Morgan fingerprint density at radius 3 is 2.54 bits per heavy atom. The minimum atomic E-state index is -3.75. The van der Waals surface area contributed by atoms with Crippen molar-refractivity contribution in [1.29, 1.82) is 0 Å². The van der Waals surface area contributed by atoms with E-state index in [2.05, 4.69) is 0 Å². The highest BCUT2D eigenvalue weighted by Crippen LogP contribution is 2.34. The van der Waals surface area contributed by atoms with Gasteiger partial charge in [0.05, 0.1) is 15.5 Å². The zero-order chi connectivity index (χ0) is 17.5. The molecule has 0 unspecified atom stereocenters. The summed E-state index contributed by atoms with van der Waals surface area (Å²) in [4.78, 5) is 10.4. The molecule has 1 aliphatic rings. The van der Waals surface area contributed by atoms with Crippen molar-refractivity contribution in [3.05, 3.63) is 63.2 Å². The second-order valence-corrected chi connectivity index (χ2v) is 7.85. The molecule has 2 aromatic carbocycles. The number of nitro benzene ring substituents is 1. The first-order valence-corrected chi connectivity index (χ1v) is 9.12. The third-order valence-electron chi connectivity index (χ3n) is 4.25. The lowest BCUT2D eigenvalue weighted by atomic mass is 10.0. The molecule has 0 aromatic heterocycles. The van der Waals surface area contributed by atoms with E-state index in [1.165, 1.54) is 22.5 Å². The van der Waals surface area contributed by atoms with E-state index in [1.54, 1.807) is 6.92 Å². The first-order chi connectivity index (χ1) is 11.3. The van der Waals surface area contributed by atoms with Crippen LogP contribution in [0.1, 0.15) is 23.1 Å². The third-order valence-corrected chi connectivity index (χ3v) is 6.22. The van der Waals surface area contributed by atoms with Crippen molar-refractivity contribution in [1.82, 2.24) is 0 Å². The average Bonchev–Trinajstić information content (AvgIpc) is 2.53. The van der Waals surface area contributed by atoms with E-state index in [1.807, 2.05) is 25.1 Å². The van der Waals surface area contributed by atoms with Crippen LogP contribution in [0.3, 0.4) is 0 Å². The zero-order valence-corrected chi connectivity index (χ0v) is 14.3. The highest BCUT2D eigenvalue weighted by molar-refractivity contribution is 7.92. The topological polar surface area (TPSA) is 80.5 Å². The predicted molar refractivity (Wildman–Crippen MR) is 91.9 cm³/mol. The molecule has 24 heavy (non-hydrogen) atoms. The summed E-state index contributed by atoms with van der Waals surface area (Å²) in [5, 5.41) is 10.9. The lowest BCUT2D eigenvalue weighted by molar-refractivity contribution is -0.385. The minimum Gasteiger partial charge on any atom is -0.266 e. The molecular formula is C17H18N2O4S. The fraction of sp³-hybridized carbons (Fsp3) is 0.294. The smallest absolute Gasteiger partial charge is 0.266 e. The van der Waals surface area contributed by atoms with Gasteiger partial charge in [-0.1, -0.05) is 17.7 Å². The van der Waals surface area contributed by atoms with E-state index in [4.69, 9.17) is 0 Å². The fourth-order valence-electron chi connectivity index (χ4n) is 3.10. The average molecular weight is 346 g/mol. The Balaban J connectivity index is 2.08. The highest BCUT2D eigenvalue weighted by atomic mass is 32.2. The minimum absolute atomic E-state index is 0.110. The van der Waals surface area contributed by atoms with Crippen LogP contribution in [0.5, 0.6) is 0 Å². The second kappa shape index (κ2) is 5.90. The van der Waals surface area contributed by atoms with Gasteiger partial charge in [0.1, 0.15) is 0 Å². The van der Waals surface area contributed by atoms with Crippen molar-refractivity contribution in [3.63, 3.8) is 0 Å². The molecule has 0 saturated carbocycles. The predicted octanol–water partition coefficient (Wildman–Crippen LogP) is 3.35. The SMILES string of the molecule is Cc1ccc2c(c1)CCCN2S(=O)(=O)c1ccc([N+](=O)[O-])cc1C. The summed E-state index contributed by atoms with van der Waals surface area (Å²) < 4.78 is 27.6. The number of anilines is 1. The standard InChI is InChI=1S/C17H18N2O4S/c1-12-5-7-16-14(10-12)4-3-9-18(16)24(22,23)17-8-6-15(19(20)21)11-13(17)2/h5-8,10-11H,3-4,9H2,1-2H3. The first kappa shape index (κ1) is 16.4. The Morgan fingerprint density at radius 2 is 1.88 bits per heavy atom. The van der Waals surface area contributed by atoms with Gasteiger partial charge in [0.2, 0.25) is 0 Å². The molecule has 6 nitrogen and oxygen atoms in total. The first-order valence-electron chi connectivity index (χ1n) is 7.68. The molecule has 0 radical (unpaired) electrons. The molecule has 0 aliphatic carbocycles. The Hall–Kier alpha value is -2.41. The van der Waals surface area contributed by atoms with Crippen LogP contribution in [0.2, 0.25) is 0 Å². The van der Waals surface area contributed by atoms with Crippen molar-refractivity contribution in [2.45, 2.75) is 31.6 Å². The molecular weight excluding hydrogens is 328 g/mol. The number of hydrogen-bond acceptors (Lipinski definition) is 4. The summed E-state index contributed by atoms with van der Waals surface area (Å²) >= 11 is 0. The summed E-state index contributed by atoms with van der Waals surface area (Å²) in [5.74, 6) is 0. The number of hydrogen-bond donors (Lipinski definition) is 0. The Kier molecular flexibility index (Phi) is 4.04. The lowest BCUT2D eigenvalue weighted by Gasteiger charge is -2.31. The Morgan fingerprint density at radius 1 is 1.12 bits per heavy atom. The van der Waals surface area contributed by atoms with Gasteiger partial charge in [-0.3, -0.25) is 14.4 Å². The van der Waals surface area contributed by atoms with Gasteiger partial charge in [-0.25, -0.2) is 8.42 Å². The maximum Gasteiger partial charge on any atom is 0.269 e.